The molecule has 0 aliphatic carbocycles. The maximum absolute atomic E-state index is 11.3. The van der Waals surface area contributed by atoms with Crippen LogP contribution in [0.3, 0.4) is 0 Å². The summed E-state index contributed by atoms with van der Waals surface area (Å²) in [5, 5.41) is 10.6. The first-order chi connectivity index (χ1) is 10.6. The average molecular weight is 340 g/mol. The van der Waals surface area contributed by atoms with Crippen LogP contribution in [-0.4, -0.2) is 47.9 Å². The summed E-state index contributed by atoms with van der Waals surface area (Å²) in [6.45, 7) is 11.2. The van der Waals surface area contributed by atoms with Gasteiger partial charge < -0.3 is 19.0 Å². The van der Waals surface area contributed by atoms with E-state index < -0.39 is 32.9 Å². The van der Waals surface area contributed by atoms with E-state index in [1.54, 1.807) is 10.8 Å². The first kappa shape index (κ1) is 16.6. The molecule has 3 rings (SSSR count). The van der Waals surface area contributed by atoms with Crippen LogP contribution in [0.2, 0.25) is 18.1 Å². The zero-order chi connectivity index (χ0) is 17.0. The molecular weight excluding hydrogens is 316 g/mol. The Kier molecular flexibility index (Phi) is 3.91. The van der Waals surface area contributed by atoms with Gasteiger partial charge in [-0.2, -0.15) is 4.98 Å². The highest BCUT2D eigenvalue weighted by molar-refractivity contribution is 6.74. The van der Waals surface area contributed by atoms with Crippen LogP contribution in [0.25, 0.3) is 0 Å². The lowest BCUT2D eigenvalue weighted by molar-refractivity contribution is -0.0407. The third-order valence-electron chi connectivity index (χ3n) is 5.05. The van der Waals surface area contributed by atoms with Crippen LogP contribution in [0.4, 0.5) is 0 Å². The molecule has 0 bridgehead atoms. The molecule has 1 unspecified atom stereocenters. The molecule has 128 valence electrons. The molecule has 23 heavy (non-hydrogen) atoms. The molecule has 0 saturated carbocycles. The van der Waals surface area contributed by atoms with Crippen molar-refractivity contribution in [3.05, 3.63) is 22.6 Å². The van der Waals surface area contributed by atoms with Crippen LogP contribution >= 0.6 is 0 Å². The number of hydrogen-bond acceptors (Lipinski definition) is 6. The number of rotatable bonds is 3. The Labute approximate surface area is 136 Å². The highest BCUT2D eigenvalue weighted by Gasteiger charge is 2.51. The molecule has 8 heteroatoms. The van der Waals surface area contributed by atoms with Crippen LogP contribution < -0.4 is 10.3 Å². The van der Waals surface area contributed by atoms with Crippen molar-refractivity contribution in [2.24, 2.45) is 0 Å². The summed E-state index contributed by atoms with van der Waals surface area (Å²) in [5.74, 6) is 0. The monoisotopic (exact) mass is 340 g/mol. The number of aliphatic hydroxyl groups is 1. The van der Waals surface area contributed by atoms with Crippen molar-refractivity contribution in [3.8, 4) is 6.01 Å². The van der Waals surface area contributed by atoms with Crippen molar-refractivity contribution in [1.29, 1.82) is 0 Å². The summed E-state index contributed by atoms with van der Waals surface area (Å²) in [7, 11) is -1.91. The minimum absolute atomic E-state index is 0.0960. The van der Waals surface area contributed by atoms with Gasteiger partial charge in [0, 0.05) is 12.3 Å². The largest absolute Gasteiger partial charge is 0.453 e. The molecule has 2 aliphatic rings. The lowest BCUT2D eigenvalue weighted by Gasteiger charge is -2.37. The van der Waals surface area contributed by atoms with Gasteiger partial charge in [-0.25, -0.2) is 0 Å². The van der Waals surface area contributed by atoms with Gasteiger partial charge in [0.1, 0.15) is 12.2 Å². The predicted molar refractivity (Wildman–Crippen MR) is 86.0 cm³/mol. The van der Waals surface area contributed by atoms with Gasteiger partial charge >= 0.3 is 6.01 Å². The summed E-state index contributed by atoms with van der Waals surface area (Å²) in [6.07, 6.45) is -0.717. The number of aromatic nitrogens is 2. The molecule has 0 aromatic carbocycles. The smallest absolute Gasteiger partial charge is 0.302 e. The average Bonchev–Trinajstić information content (AvgIpc) is 2.92. The maximum Gasteiger partial charge on any atom is 0.302 e. The van der Waals surface area contributed by atoms with E-state index in [9.17, 15) is 9.90 Å². The number of aliphatic hydroxyl groups excluding tert-OH is 1. The fraction of sp³-hybridized carbons (Fsp3) is 0.733. The molecule has 0 amide bonds. The minimum Gasteiger partial charge on any atom is -0.453 e. The molecule has 0 radical (unpaired) electrons. The standard InChI is InChI=1S/C15H24N2O5Si/c1-15(2,3)23(4,5)20-8-9-11(19)12-13(21-9)17-7-6-10(18)16-14(17)22-12/h6-7,9,11-13,19H,8H2,1-5H3/t9-,11+,12?,13-/m1/s1. The third kappa shape index (κ3) is 2.84. The van der Waals surface area contributed by atoms with E-state index >= 15 is 0 Å². The highest BCUT2D eigenvalue weighted by Crippen LogP contribution is 2.41. The van der Waals surface area contributed by atoms with Crippen LogP contribution in [0.5, 0.6) is 6.01 Å². The molecule has 1 saturated heterocycles. The second-order valence-electron chi connectivity index (χ2n) is 7.67. The zero-order valence-corrected chi connectivity index (χ0v) is 15.1. The second-order valence-corrected chi connectivity index (χ2v) is 12.5. The third-order valence-corrected chi connectivity index (χ3v) is 9.55. The minimum atomic E-state index is -1.91. The summed E-state index contributed by atoms with van der Waals surface area (Å²) in [5.41, 5.74) is -0.372. The summed E-state index contributed by atoms with van der Waals surface area (Å²) < 4.78 is 19.3. The normalized spacial score (nSPS) is 30.0. The van der Waals surface area contributed by atoms with Gasteiger partial charge in [0.05, 0.1) is 6.61 Å². The highest BCUT2D eigenvalue weighted by atomic mass is 28.4. The number of nitrogens with zero attached hydrogens (tertiary/aromatic N) is 2. The van der Waals surface area contributed by atoms with Crippen molar-refractivity contribution in [2.75, 3.05) is 6.61 Å². The summed E-state index contributed by atoms with van der Waals surface area (Å²) in [4.78, 5) is 15.1. The van der Waals surface area contributed by atoms with E-state index in [1.165, 1.54) is 6.07 Å². The van der Waals surface area contributed by atoms with Crippen LogP contribution in [-0.2, 0) is 9.16 Å². The van der Waals surface area contributed by atoms with Gasteiger partial charge in [0.25, 0.3) is 5.56 Å². The van der Waals surface area contributed by atoms with E-state index in [-0.39, 0.29) is 16.6 Å². The van der Waals surface area contributed by atoms with E-state index in [2.05, 4.69) is 38.8 Å². The molecule has 1 fully saturated rings. The number of ether oxygens (including phenoxy) is 2. The molecule has 3 heterocycles. The van der Waals surface area contributed by atoms with Gasteiger partial charge in [0.2, 0.25) is 0 Å². The van der Waals surface area contributed by atoms with Crippen molar-refractivity contribution in [2.45, 2.75) is 63.4 Å². The Morgan fingerprint density at radius 3 is 2.78 bits per heavy atom. The Balaban J connectivity index is 1.70. The number of hydrogen-bond donors (Lipinski definition) is 1. The fourth-order valence-electron chi connectivity index (χ4n) is 2.51. The van der Waals surface area contributed by atoms with Crippen molar-refractivity contribution in [1.82, 2.24) is 9.55 Å². The first-order valence-electron chi connectivity index (χ1n) is 7.83. The predicted octanol–water partition coefficient (Wildman–Crippen LogP) is 1.28. The van der Waals surface area contributed by atoms with Crippen molar-refractivity contribution >= 4 is 8.32 Å². The Morgan fingerprint density at radius 1 is 1.43 bits per heavy atom. The van der Waals surface area contributed by atoms with Crippen LogP contribution in [0, 0.1) is 0 Å². The maximum atomic E-state index is 11.3. The molecular formula is C15H24N2O5Si. The second kappa shape index (κ2) is 5.40. The van der Waals surface area contributed by atoms with Crippen molar-refractivity contribution < 1.29 is 19.0 Å². The molecule has 2 aliphatic heterocycles. The van der Waals surface area contributed by atoms with E-state index in [0.717, 1.165) is 0 Å². The van der Waals surface area contributed by atoms with Crippen LogP contribution in [0.1, 0.15) is 27.0 Å². The molecule has 1 aromatic heterocycles. The molecule has 7 nitrogen and oxygen atoms in total. The van der Waals surface area contributed by atoms with Gasteiger partial charge in [-0.05, 0) is 18.1 Å². The van der Waals surface area contributed by atoms with Crippen molar-refractivity contribution in [3.63, 3.8) is 0 Å². The molecule has 1 aromatic rings. The summed E-state index contributed by atoms with van der Waals surface area (Å²) >= 11 is 0. The van der Waals surface area contributed by atoms with Gasteiger partial charge in [-0.3, -0.25) is 9.36 Å². The topological polar surface area (TPSA) is 82.8 Å². The lowest BCUT2D eigenvalue weighted by Crippen LogP contribution is -2.45. The molecule has 4 atom stereocenters. The SMILES string of the molecule is CC(C)(C)[Si](C)(C)OC[C@H]1O[C@@H]2C(Oc3nc(=O)ccn32)[C@H]1O. The Bertz CT molecular complexity index is 654. The van der Waals surface area contributed by atoms with Crippen LogP contribution in [0.15, 0.2) is 17.1 Å². The quantitative estimate of drug-likeness (QED) is 0.835. The molecule has 0 spiro atoms. The van der Waals surface area contributed by atoms with E-state index in [4.69, 9.17) is 13.9 Å². The number of fused-ring (bicyclic) bond motifs is 3. The van der Waals surface area contributed by atoms with E-state index in [1.807, 2.05) is 0 Å². The fourth-order valence-corrected chi connectivity index (χ4v) is 3.53. The van der Waals surface area contributed by atoms with Gasteiger partial charge in [-0.15, -0.1) is 0 Å². The zero-order valence-electron chi connectivity index (χ0n) is 14.1. The van der Waals surface area contributed by atoms with Gasteiger partial charge in [0.15, 0.2) is 20.6 Å². The summed E-state index contributed by atoms with van der Waals surface area (Å²) in [6, 6.07) is 1.54. The molecule has 1 N–H and O–H groups in total. The lowest BCUT2D eigenvalue weighted by atomic mass is 10.1. The Morgan fingerprint density at radius 2 is 2.13 bits per heavy atom. The first-order valence-corrected chi connectivity index (χ1v) is 10.7. The van der Waals surface area contributed by atoms with Gasteiger partial charge in [-0.1, -0.05) is 20.8 Å². The van der Waals surface area contributed by atoms with E-state index in [0.29, 0.717) is 6.61 Å². The Hall–Kier alpha value is -1.22.